The van der Waals surface area contributed by atoms with Crippen LogP contribution in [-0.4, -0.2) is 0 Å². The van der Waals surface area contributed by atoms with Crippen LogP contribution >= 0.6 is 0 Å². The minimum absolute atomic E-state index is 1.03. The molecule has 0 spiro atoms. The molecule has 11 aromatic carbocycles. The van der Waals surface area contributed by atoms with Crippen molar-refractivity contribution in [3.8, 4) is 0 Å². The van der Waals surface area contributed by atoms with Crippen LogP contribution in [0.15, 0.2) is 335 Å². The Balaban J connectivity index is 0.000000180. The molecule has 504 valence electrons. The van der Waals surface area contributed by atoms with Crippen LogP contribution in [0.4, 0.5) is 68.2 Å². The Morgan fingerprint density at radius 1 is 0.240 bits per heavy atom. The van der Waals surface area contributed by atoms with Crippen molar-refractivity contribution >= 4 is 68.2 Å². The molecular formula is C96H100N4. The van der Waals surface area contributed by atoms with Crippen LogP contribution in [0.3, 0.4) is 0 Å². The molecule has 0 radical (unpaired) electrons. The lowest BCUT2D eigenvalue weighted by Crippen LogP contribution is -2.13. The lowest BCUT2D eigenvalue weighted by atomic mass is 9.88. The van der Waals surface area contributed by atoms with Crippen molar-refractivity contribution in [3.05, 3.63) is 396 Å². The Morgan fingerprint density at radius 3 is 0.710 bits per heavy atom. The van der Waals surface area contributed by atoms with E-state index in [9.17, 15) is 0 Å². The van der Waals surface area contributed by atoms with Crippen LogP contribution in [0.5, 0.6) is 0 Å². The highest BCUT2D eigenvalue weighted by atomic mass is 15.2. The number of nitrogens with zero attached hydrogens (tertiary/aromatic N) is 4. The number of rotatable bonds is 28. The second-order valence-electron chi connectivity index (χ2n) is 26.3. The summed E-state index contributed by atoms with van der Waals surface area (Å²) in [6, 6.07) is 95.5. The third-order valence-corrected chi connectivity index (χ3v) is 18.4. The number of unbranched alkanes of at least 4 members (excludes halogenated alkanes) is 4. The molecule has 0 heterocycles. The predicted molar refractivity (Wildman–Crippen MR) is 435 cm³/mol. The van der Waals surface area contributed by atoms with Gasteiger partial charge in [0.1, 0.15) is 0 Å². The molecule has 11 aromatic rings. The molecular weight excluding hydrogens is 1210 g/mol. The normalized spacial score (nSPS) is 11.4. The van der Waals surface area contributed by atoms with E-state index in [1.54, 1.807) is 0 Å². The Kier molecular flexibility index (Phi) is 26.7. The summed E-state index contributed by atoms with van der Waals surface area (Å²) < 4.78 is 0. The van der Waals surface area contributed by atoms with Gasteiger partial charge in [0.15, 0.2) is 0 Å². The SMILES string of the molecule is C=C/C=C/CCCCc1ccc(N(c2ccc(C)cc2)c2ccc(N(c3ccc(C)cc3)c3ccc(CCCC/C=C/C=C)cc3)cc2)cc1.C=C/C=C/CCc1ccc(N(c2ccc(C)cc2)c2ccc(C)cc2)cc1.Cc1ccc(N(c2ccc(C)cc2)c2ccc3c(c2)CC3)cc1. The Hall–Kier alpha value is -10.9. The fraction of sp³-hybridized carbons (Fsp3) is 0.188. The van der Waals surface area contributed by atoms with Crippen LogP contribution in [-0.2, 0) is 32.1 Å². The fourth-order valence-electron chi connectivity index (χ4n) is 12.5. The third-order valence-electron chi connectivity index (χ3n) is 18.4. The van der Waals surface area contributed by atoms with Crippen LogP contribution in [0.1, 0.15) is 106 Å². The highest BCUT2D eigenvalue weighted by Gasteiger charge is 2.20. The van der Waals surface area contributed by atoms with E-state index in [0.717, 1.165) is 72.6 Å². The van der Waals surface area contributed by atoms with E-state index in [2.05, 4.69) is 360 Å². The van der Waals surface area contributed by atoms with Crippen molar-refractivity contribution in [2.75, 3.05) is 19.6 Å². The third kappa shape index (κ3) is 20.6. The predicted octanol–water partition coefficient (Wildman–Crippen LogP) is 27.5. The van der Waals surface area contributed by atoms with Gasteiger partial charge in [-0.3, -0.25) is 0 Å². The second-order valence-corrected chi connectivity index (χ2v) is 26.3. The molecule has 0 N–H and O–H groups in total. The number of hydrogen-bond donors (Lipinski definition) is 0. The molecule has 4 heteroatoms. The number of benzene rings is 11. The topological polar surface area (TPSA) is 13.0 Å². The Bertz CT molecular complexity index is 4170. The zero-order valence-corrected chi connectivity index (χ0v) is 59.9. The maximum Gasteiger partial charge on any atom is 0.0464 e. The van der Waals surface area contributed by atoms with Gasteiger partial charge in [-0.1, -0.05) is 223 Å². The van der Waals surface area contributed by atoms with Gasteiger partial charge in [0.25, 0.3) is 0 Å². The molecule has 0 amide bonds. The van der Waals surface area contributed by atoms with Crippen LogP contribution in [0.25, 0.3) is 0 Å². The molecule has 0 aliphatic heterocycles. The summed E-state index contributed by atoms with van der Waals surface area (Å²) in [5, 5.41) is 0. The van der Waals surface area contributed by atoms with Crippen molar-refractivity contribution < 1.29 is 0 Å². The van der Waals surface area contributed by atoms with Gasteiger partial charge in [0.2, 0.25) is 0 Å². The average molecular weight is 1310 g/mol. The van der Waals surface area contributed by atoms with Gasteiger partial charge in [-0.15, -0.1) is 0 Å². The molecule has 12 rings (SSSR count). The first-order valence-corrected chi connectivity index (χ1v) is 35.9. The summed E-state index contributed by atoms with van der Waals surface area (Å²) >= 11 is 0. The van der Waals surface area contributed by atoms with Gasteiger partial charge in [-0.05, 0) is 292 Å². The van der Waals surface area contributed by atoms with Crippen LogP contribution in [0.2, 0.25) is 0 Å². The highest BCUT2D eigenvalue weighted by Crippen LogP contribution is 2.42. The van der Waals surface area contributed by atoms with E-state index < -0.39 is 0 Å². The number of anilines is 12. The number of hydrogen-bond acceptors (Lipinski definition) is 4. The quantitative estimate of drug-likeness (QED) is 0.0358. The lowest BCUT2D eigenvalue weighted by Gasteiger charge is -2.28. The minimum atomic E-state index is 1.03. The molecule has 0 fully saturated rings. The molecule has 100 heavy (non-hydrogen) atoms. The van der Waals surface area contributed by atoms with E-state index in [1.807, 2.05) is 36.5 Å². The van der Waals surface area contributed by atoms with Crippen molar-refractivity contribution in [1.82, 2.24) is 0 Å². The number of aryl methyl sites for hydroxylation is 11. The summed E-state index contributed by atoms with van der Waals surface area (Å²) in [7, 11) is 0. The van der Waals surface area contributed by atoms with E-state index in [4.69, 9.17) is 0 Å². The molecule has 0 aromatic heterocycles. The van der Waals surface area contributed by atoms with Crippen molar-refractivity contribution in [1.29, 1.82) is 0 Å². The lowest BCUT2D eigenvalue weighted by molar-refractivity contribution is 0.747. The Labute approximate surface area is 599 Å². The maximum atomic E-state index is 3.76. The minimum Gasteiger partial charge on any atom is -0.311 e. The molecule has 0 saturated carbocycles. The first-order valence-electron chi connectivity index (χ1n) is 35.9. The maximum absolute atomic E-state index is 3.76. The first-order chi connectivity index (χ1) is 48.9. The van der Waals surface area contributed by atoms with Crippen molar-refractivity contribution in [2.24, 2.45) is 0 Å². The van der Waals surface area contributed by atoms with Crippen molar-refractivity contribution in [3.63, 3.8) is 0 Å². The van der Waals surface area contributed by atoms with Crippen LogP contribution < -0.4 is 19.6 Å². The molecule has 0 bridgehead atoms. The summed E-state index contributed by atoms with van der Waals surface area (Å²) in [4.78, 5) is 9.36. The largest absolute Gasteiger partial charge is 0.311 e. The summed E-state index contributed by atoms with van der Waals surface area (Å²) in [5.41, 5.74) is 28.7. The van der Waals surface area contributed by atoms with E-state index >= 15 is 0 Å². The fourth-order valence-corrected chi connectivity index (χ4v) is 12.5. The second kappa shape index (κ2) is 37.1. The monoisotopic (exact) mass is 1310 g/mol. The van der Waals surface area contributed by atoms with Gasteiger partial charge in [0.05, 0.1) is 0 Å². The summed E-state index contributed by atoms with van der Waals surface area (Å²) in [5.74, 6) is 0. The van der Waals surface area contributed by atoms with Gasteiger partial charge in [0, 0.05) is 68.2 Å². The van der Waals surface area contributed by atoms with Crippen molar-refractivity contribution in [2.45, 2.75) is 119 Å². The Morgan fingerprint density at radius 2 is 0.460 bits per heavy atom. The first kappa shape index (κ1) is 71.8. The number of allylic oxidation sites excluding steroid dienone is 9. The zero-order valence-electron chi connectivity index (χ0n) is 59.9. The van der Waals surface area contributed by atoms with E-state index in [-0.39, 0.29) is 0 Å². The standard InChI is InChI=1S/C48H52N2.C26H27N.C22H21N/c1-5-7-9-11-13-15-17-41-23-31-45(32-24-41)49(43-27-19-39(3)20-28-43)47-35-37-48(38-36-47)50(44-29-21-40(4)22-30-44)46-33-25-42(26-34-46)18-16-14-12-10-8-6-2;1-4-5-6-7-8-23-13-19-26(20-14-23)27(24-15-9-21(2)10-16-24)25-17-11-22(3)12-18-25;1-16-3-10-20(11-4-16)23(21-12-5-17(2)6-13-21)22-14-9-18-7-8-19(18)15-22/h5-10,19-38H,1-2,11-18H2,3-4H3;4-6,9-20H,1,7-8H2,2-3H3;3-6,9-15H,7-8H2,1-2H3/b9-7+,10-8+;6-5+;. The zero-order chi connectivity index (χ0) is 69.8. The average Bonchev–Trinajstić information content (AvgIpc) is 0.825. The van der Waals surface area contributed by atoms with Gasteiger partial charge in [-0.2, -0.15) is 0 Å². The van der Waals surface area contributed by atoms with Gasteiger partial charge in [-0.25, -0.2) is 0 Å². The molecule has 1 aliphatic carbocycles. The smallest absolute Gasteiger partial charge is 0.0464 e. The van der Waals surface area contributed by atoms with Gasteiger partial charge < -0.3 is 19.6 Å². The summed E-state index contributed by atoms with van der Waals surface area (Å²) in [6.45, 7) is 24.0. The number of fused-ring (bicyclic) bond motifs is 1. The summed E-state index contributed by atoms with van der Waals surface area (Å²) in [6.07, 6.45) is 31.8. The molecule has 0 unspecified atom stereocenters. The van der Waals surface area contributed by atoms with Crippen LogP contribution in [0, 0.1) is 41.5 Å². The van der Waals surface area contributed by atoms with E-state index in [0.29, 0.717) is 0 Å². The molecule has 4 nitrogen and oxygen atoms in total. The van der Waals surface area contributed by atoms with Gasteiger partial charge >= 0.3 is 0 Å². The van der Waals surface area contributed by atoms with E-state index in [1.165, 1.54) is 134 Å². The molecule has 0 saturated heterocycles. The molecule has 0 atom stereocenters. The molecule has 1 aliphatic rings. The highest BCUT2D eigenvalue weighted by molar-refractivity contribution is 5.82.